The van der Waals surface area contributed by atoms with Crippen LogP contribution in [0.4, 0.5) is 5.69 Å². The number of nitrogens with one attached hydrogen (secondary N) is 1. The molecule has 2 aromatic heterocycles. The van der Waals surface area contributed by atoms with Crippen molar-refractivity contribution in [3.8, 4) is 0 Å². The summed E-state index contributed by atoms with van der Waals surface area (Å²) >= 11 is 0. The second-order valence-corrected chi connectivity index (χ2v) is 6.25. The number of aryl methyl sites for hydroxylation is 2. The molecule has 0 saturated carbocycles. The smallest absolute Gasteiger partial charge is 0.294 e. The van der Waals surface area contributed by atoms with Gasteiger partial charge in [0.25, 0.3) is 5.91 Å². The SMILES string of the molecule is CCc1cc(C(=O)Nc2ccc([C@H]3CCc4nncn4C3)cc2)on1. The largest absolute Gasteiger partial charge is 0.351 e. The monoisotopic (exact) mass is 337 g/mol. The van der Waals surface area contributed by atoms with Gasteiger partial charge in [-0.2, -0.15) is 0 Å². The van der Waals surface area contributed by atoms with Gasteiger partial charge < -0.3 is 14.4 Å². The summed E-state index contributed by atoms with van der Waals surface area (Å²) < 4.78 is 7.17. The Morgan fingerprint density at radius 3 is 2.96 bits per heavy atom. The molecule has 25 heavy (non-hydrogen) atoms. The average molecular weight is 337 g/mol. The molecule has 7 nitrogen and oxygen atoms in total. The van der Waals surface area contributed by atoms with Crippen molar-refractivity contribution in [3.05, 3.63) is 59.5 Å². The molecule has 3 aromatic rings. The number of carbonyl (C=O) groups excluding carboxylic acids is 1. The molecule has 4 rings (SSSR count). The molecule has 1 atom stereocenters. The van der Waals surface area contributed by atoms with E-state index < -0.39 is 0 Å². The van der Waals surface area contributed by atoms with Gasteiger partial charge in [-0.25, -0.2) is 0 Å². The van der Waals surface area contributed by atoms with E-state index in [0.717, 1.165) is 43.0 Å². The van der Waals surface area contributed by atoms with Crippen LogP contribution in [0.15, 0.2) is 41.2 Å². The first-order valence-electron chi connectivity index (χ1n) is 8.46. The summed E-state index contributed by atoms with van der Waals surface area (Å²) in [4.78, 5) is 12.2. The Bertz CT molecular complexity index is 881. The number of hydrogen-bond donors (Lipinski definition) is 1. The fourth-order valence-corrected chi connectivity index (χ4v) is 3.15. The summed E-state index contributed by atoms with van der Waals surface area (Å²) in [6.07, 6.45) is 4.52. The molecule has 3 heterocycles. The highest BCUT2D eigenvalue weighted by Gasteiger charge is 2.21. The molecule has 1 aliphatic heterocycles. The summed E-state index contributed by atoms with van der Waals surface area (Å²) in [5.74, 6) is 1.44. The number of rotatable bonds is 4. The highest BCUT2D eigenvalue weighted by atomic mass is 16.5. The number of anilines is 1. The van der Waals surface area contributed by atoms with Crippen LogP contribution in [0.2, 0.25) is 0 Å². The van der Waals surface area contributed by atoms with Gasteiger partial charge in [0.1, 0.15) is 12.2 Å². The maximum Gasteiger partial charge on any atom is 0.294 e. The number of fused-ring (bicyclic) bond motifs is 1. The molecule has 0 unspecified atom stereocenters. The van der Waals surface area contributed by atoms with Crippen LogP contribution in [-0.4, -0.2) is 25.8 Å². The molecule has 0 spiro atoms. The average Bonchev–Trinajstić information content (AvgIpc) is 3.31. The molecule has 7 heteroatoms. The summed E-state index contributed by atoms with van der Waals surface area (Å²) in [6, 6.07) is 9.64. The lowest BCUT2D eigenvalue weighted by atomic mass is 9.91. The van der Waals surface area contributed by atoms with E-state index in [0.29, 0.717) is 5.92 Å². The minimum atomic E-state index is -0.285. The van der Waals surface area contributed by atoms with Crippen LogP contribution in [0.5, 0.6) is 0 Å². The summed E-state index contributed by atoms with van der Waals surface area (Å²) in [5, 5.41) is 14.8. The van der Waals surface area contributed by atoms with Crippen molar-refractivity contribution in [3.63, 3.8) is 0 Å². The molecule has 1 aliphatic rings. The lowest BCUT2D eigenvalue weighted by Gasteiger charge is -2.23. The van der Waals surface area contributed by atoms with Gasteiger partial charge in [-0.1, -0.05) is 24.2 Å². The maximum absolute atomic E-state index is 12.2. The molecule has 0 bridgehead atoms. The van der Waals surface area contributed by atoms with Crippen molar-refractivity contribution in [2.24, 2.45) is 0 Å². The first-order valence-corrected chi connectivity index (χ1v) is 8.46. The zero-order valence-electron chi connectivity index (χ0n) is 14.0. The van der Waals surface area contributed by atoms with Gasteiger partial charge in [0, 0.05) is 30.6 Å². The van der Waals surface area contributed by atoms with Crippen LogP contribution in [0, 0.1) is 0 Å². The van der Waals surface area contributed by atoms with Gasteiger partial charge in [0.15, 0.2) is 0 Å². The maximum atomic E-state index is 12.2. The van der Waals surface area contributed by atoms with Crippen molar-refractivity contribution in [1.29, 1.82) is 0 Å². The molecule has 1 amide bonds. The molecule has 0 fully saturated rings. The van der Waals surface area contributed by atoms with Gasteiger partial charge in [0.2, 0.25) is 5.76 Å². The lowest BCUT2D eigenvalue weighted by Crippen LogP contribution is -2.18. The Morgan fingerprint density at radius 2 is 2.20 bits per heavy atom. The van der Waals surface area contributed by atoms with Gasteiger partial charge in [-0.15, -0.1) is 10.2 Å². The van der Waals surface area contributed by atoms with E-state index in [9.17, 15) is 4.79 Å². The topological polar surface area (TPSA) is 85.8 Å². The van der Waals surface area contributed by atoms with E-state index in [4.69, 9.17) is 4.52 Å². The highest BCUT2D eigenvalue weighted by Crippen LogP contribution is 2.28. The number of nitrogens with zero attached hydrogens (tertiary/aromatic N) is 4. The minimum Gasteiger partial charge on any atom is -0.351 e. The third kappa shape index (κ3) is 3.17. The minimum absolute atomic E-state index is 0.230. The quantitative estimate of drug-likeness (QED) is 0.791. The summed E-state index contributed by atoms with van der Waals surface area (Å²) in [5.41, 5.74) is 2.76. The van der Waals surface area contributed by atoms with Crippen LogP contribution in [-0.2, 0) is 19.4 Å². The third-order valence-corrected chi connectivity index (χ3v) is 4.61. The van der Waals surface area contributed by atoms with Crippen LogP contribution >= 0.6 is 0 Å². The highest BCUT2D eigenvalue weighted by molar-refractivity contribution is 6.02. The van der Waals surface area contributed by atoms with Crippen LogP contribution < -0.4 is 5.32 Å². The lowest BCUT2D eigenvalue weighted by molar-refractivity contribution is 0.0988. The standard InChI is InChI=1S/C18H19N5O2/c1-2-14-9-16(25-22-14)18(24)20-15-6-3-12(4-7-15)13-5-8-17-21-19-11-23(17)10-13/h3-4,6-7,9,11,13H,2,5,8,10H2,1H3,(H,20,24)/t13-/m0/s1. The van der Waals surface area contributed by atoms with Crippen molar-refractivity contribution in [1.82, 2.24) is 19.9 Å². The molecule has 0 aliphatic carbocycles. The molecular weight excluding hydrogens is 318 g/mol. The van der Waals surface area contributed by atoms with Crippen molar-refractivity contribution < 1.29 is 9.32 Å². The van der Waals surface area contributed by atoms with E-state index >= 15 is 0 Å². The van der Waals surface area contributed by atoms with Crippen LogP contribution in [0.1, 0.15) is 46.9 Å². The molecule has 0 saturated heterocycles. The normalized spacial score (nSPS) is 16.4. The predicted octanol–water partition coefficient (Wildman–Crippen LogP) is 2.81. The van der Waals surface area contributed by atoms with E-state index in [2.05, 4.69) is 37.4 Å². The third-order valence-electron chi connectivity index (χ3n) is 4.61. The van der Waals surface area contributed by atoms with E-state index in [-0.39, 0.29) is 11.7 Å². The number of aromatic nitrogens is 4. The first-order chi connectivity index (χ1) is 12.2. The second kappa shape index (κ2) is 6.51. The van der Waals surface area contributed by atoms with E-state index in [1.165, 1.54) is 5.56 Å². The predicted molar refractivity (Wildman–Crippen MR) is 91.4 cm³/mol. The van der Waals surface area contributed by atoms with Gasteiger partial charge >= 0.3 is 0 Å². The number of benzene rings is 1. The number of hydrogen-bond acceptors (Lipinski definition) is 5. The fourth-order valence-electron chi connectivity index (χ4n) is 3.15. The Morgan fingerprint density at radius 1 is 1.36 bits per heavy atom. The Labute approximate surface area is 145 Å². The second-order valence-electron chi connectivity index (χ2n) is 6.25. The molecule has 1 N–H and O–H groups in total. The molecule has 1 aromatic carbocycles. The molecule has 0 radical (unpaired) electrons. The Hall–Kier alpha value is -2.96. The van der Waals surface area contributed by atoms with Gasteiger partial charge in [0.05, 0.1) is 5.69 Å². The number of carbonyl (C=O) groups is 1. The zero-order chi connectivity index (χ0) is 17.2. The van der Waals surface area contributed by atoms with Gasteiger partial charge in [-0.05, 0) is 30.5 Å². The summed E-state index contributed by atoms with van der Waals surface area (Å²) in [7, 11) is 0. The Balaban J connectivity index is 1.43. The van der Waals surface area contributed by atoms with Crippen molar-refractivity contribution in [2.75, 3.05) is 5.32 Å². The summed E-state index contributed by atoms with van der Waals surface area (Å²) in [6.45, 7) is 2.86. The van der Waals surface area contributed by atoms with Gasteiger partial charge in [-0.3, -0.25) is 4.79 Å². The Kier molecular flexibility index (Phi) is 4.05. The molecule has 128 valence electrons. The fraction of sp³-hybridized carbons (Fsp3) is 0.333. The molecular formula is C18H19N5O2. The zero-order valence-corrected chi connectivity index (χ0v) is 14.0. The number of amides is 1. The van der Waals surface area contributed by atoms with E-state index in [1.54, 1.807) is 12.4 Å². The first kappa shape index (κ1) is 15.6. The van der Waals surface area contributed by atoms with Crippen molar-refractivity contribution in [2.45, 2.75) is 38.6 Å². The van der Waals surface area contributed by atoms with Crippen LogP contribution in [0.25, 0.3) is 0 Å². The van der Waals surface area contributed by atoms with Crippen molar-refractivity contribution >= 4 is 11.6 Å². The van der Waals surface area contributed by atoms with E-state index in [1.807, 2.05) is 19.1 Å². The van der Waals surface area contributed by atoms with Crippen LogP contribution in [0.3, 0.4) is 0 Å².